The van der Waals surface area contributed by atoms with Gasteiger partial charge in [0.25, 0.3) is 5.24 Å². The molecule has 1 aromatic rings. The minimum absolute atomic E-state index is 0.0935. The van der Waals surface area contributed by atoms with Crippen molar-refractivity contribution in [3.05, 3.63) is 29.8 Å². The Kier molecular flexibility index (Phi) is 4.12. The summed E-state index contributed by atoms with van der Waals surface area (Å²) >= 11 is 5.30. The van der Waals surface area contributed by atoms with Gasteiger partial charge in [0.1, 0.15) is 5.75 Å². The van der Waals surface area contributed by atoms with Crippen LogP contribution in [0.15, 0.2) is 24.3 Å². The minimum atomic E-state index is -0.858. The lowest BCUT2D eigenvalue weighted by molar-refractivity contribution is 0.102. The molecular weight excluding hydrogens is 220 g/mol. The maximum atomic E-state index is 11.0. The van der Waals surface area contributed by atoms with Crippen LogP contribution in [0.1, 0.15) is 17.3 Å². The van der Waals surface area contributed by atoms with Crippen molar-refractivity contribution >= 4 is 23.0 Å². The van der Waals surface area contributed by atoms with Gasteiger partial charge >= 0.3 is 6.16 Å². The van der Waals surface area contributed by atoms with E-state index < -0.39 is 11.4 Å². The molecule has 0 aliphatic carbocycles. The third kappa shape index (κ3) is 3.25. The van der Waals surface area contributed by atoms with Gasteiger partial charge in [-0.05, 0) is 30.7 Å². The van der Waals surface area contributed by atoms with Crippen LogP contribution in [-0.4, -0.2) is 18.0 Å². The van der Waals surface area contributed by atoms with E-state index in [1.807, 2.05) is 0 Å². The summed E-state index contributed by atoms with van der Waals surface area (Å²) in [5.74, 6) is 0.0935. The molecule has 0 aromatic heterocycles. The predicted molar refractivity (Wildman–Crippen MR) is 54.3 cm³/mol. The number of hydrogen-bond acceptors (Lipinski definition) is 4. The zero-order valence-electron chi connectivity index (χ0n) is 8.03. The molecular formula is C10H9ClO4. The van der Waals surface area contributed by atoms with Gasteiger partial charge in [-0.15, -0.1) is 0 Å². The summed E-state index contributed by atoms with van der Waals surface area (Å²) in [5.41, 5.74) is 0.132. The number of para-hydroxylation sites is 1. The van der Waals surface area contributed by atoms with Crippen molar-refractivity contribution in [2.75, 3.05) is 6.61 Å². The van der Waals surface area contributed by atoms with Gasteiger partial charge in [0.15, 0.2) is 0 Å². The van der Waals surface area contributed by atoms with E-state index in [-0.39, 0.29) is 17.9 Å². The van der Waals surface area contributed by atoms with Gasteiger partial charge in [-0.1, -0.05) is 12.1 Å². The van der Waals surface area contributed by atoms with Crippen LogP contribution in [0.5, 0.6) is 5.75 Å². The van der Waals surface area contributed by atoms with Crippen LogP contribution in [0.3, 0.4) is 0 Å². The molecule has 0 aliphatic rings. The van der Waals surface area contributed by atoms with Gasteiger partial charge in [0.05, 0.1) is 12.2 Å². The van der Waals surface area contributed by atoms with Gasteiger partial charge in [-0.25, -0.2) is 4.79 Å². The maximum absolute atomic E-state index is 11.0. The summed E-state index contributed by atoms with van der Waals surface area (Å²) in [5, 5.41) is -0.685. The van der Waals surface area contributed by atoms with Crippen molar-refractivity contribution in [1.82, 2.24) is 0 Å². The molecule has 4 nitrogen and oxygen atoms in total. The third-order valence-corrected chi connectivity index (χ3v) is 1.76. The molecule has 0 atom stereocenters. The fourth-order valence-electron chi connectivity index (χ4n) is 0.955. The second-order valence-electron chi connectivity index (χ2n) is 2.55. The van der Waals surface area contributed by atoms with Crippen LogP contribution in [-0.2, 0) is 4.74 Å². The van der Waals surface area contributed by atoms with Gasteiger partial charge in [0, 0.05) is 0 Å². The number of carbonyl (C=O) groups excluding carboxylic acids is 2. The Bertz CT molecular complexity index is 375. The molecule has 0 aliphatic heterocycles. The highest BCUT2D eigenvalue weighted by atomic mass is 35.5. The highest BCUT2D eigenvalue weighted by Crippen LogP contribution is 2.20. The molecule has 0 heterocycles. The molecule has 1 rings (SSSR count). The Morgan fingerprint density at radius 3 is 2.60 bits per heavy atom. The first-order valence-electron chi connectivity index (χ1n) is 4.28. The van der Waals surface area contributed by atoms with Crippen LogP contribution >= 0.6 is 11.6 Å². The monoisotopic (exact) mass is 228 g/mol. The fourth-order valence-corrected chi connectivity index (χ4v) is 1.11. The van der Waals surface area contributed by atoms with E-state index in [0.29, 0.717) is 0 Å². The standard InChI is InChI=1S/C10H9ClO4/c1-2-14-10(13)15-8-6-4-3-5-7(8)9(11)12/h3-6H,2H2,1H3. The smallest absolute Gasteiger partial charge is 0.434 e. The van der Waals surface area contributed by atoms with Crippen molar-refractivity contribution in [2.45, 2.75) is 6.92 Å². The summed E-state index contributed by atoms with van der Waals surface area (Å²) in [7, 11) is 0. The molecule has 0 saturated carbocycles. The Balaban J connectivity index is 2.84. The molecule has 0 radical (unpaired) electrons. The van der Waals surface area contributed by atoms with E-state index in [9.17, 15) is 9.59 Å². The first kappa shape index (κ1) is 11.5. The first-order chi connectivity index (χ1) is 7.15. The average molecular weight is 229 g/mol. The minimum Gasteiger partial charge on any atom is -0.434 e. The summed E-state index contributed by atoms with van der Waals surface area (Å²) in [6.07, 6.45) is -0.858. The molecule has 0 bridgehead atoms. The Morgan fingerprint density at radius 1 is 1.33 bits per heavy atom. The lowest BCUT2D eigenvalue weighted by Crippen LogP contribution is -2.11. The highest BCUT2D eigenvalue weighted by molar-refractivity contribution is 6.68. The van der Waals surface area contributed by atoms with Crippen LogP contribution in [0, 0.1) is 0 Å². The zero-order valence-corrected chi connectivity index (χ0v) is 8.78. The maximum Gasteiger partial charge on any atom is 0.513 e. The van der Waals surface area contributed by atoms with Crippen molar-refractivity contribution in [2.24, 2.45) is 0 Å². The van der Waals surface area contributed by atoms with Crippen LogP contribution in [0.4, 0.5) is 4.79 Å². The van der Waals surface area contributed by atoms with Gasteiger partial charge in [-0.3, -0.25) is 4.79 Å². The van der Waals surface area contributed by atoms with E-state index in [2.05, 4.69) is 4.74 Å². The normalized spacial score (nSPS) is 9.47. The molecule has 15 heavy (non-hydrogen) atoms. The summed E-state index contributed by atoms with van der Waals surface area (Å²) < 4.78 is 9.35. The second kappa shape index (κ2) is 5.36. The molecule has 5 heteroatoms. The zero-order chi connectivity index (χ0) is 11.3. The molecule has 0 fully saturated rings. The Labute approximate surface area is 91.7 Å². The SMILES string of the molecule is CCOC(=O)Oc1ccccc1C(=O)Cl. The number of hydrogen-bond donors (Lipinski definition) is 0. The lowest BCUT2D eigenvalue weighted by atomic mass is 10.2. The van der Waals surface area contributed by atoms with E-state index in [1.54, 1.807) is 19.1 Å². The third-order valence-electron chi connectivity index (χ3n) is 1.55. The largest absolute Gasteiger partial charge is 0.513 e. The quantitative estimate of drug-likeness (QED) is 0.453. The number of ether oxygens (including phenoxy) is 2. The summed E-state index contributed by atoms with van der Waals surface area (Å²) in [4.78, 5) is 21.9. The molecule has 0 spiro atoms. The van der Waals surface area contributed by atoms with Gasteiger partial charge in [-0.2, -0.15) is 0 Å². The van der Waals surface area contributed by atoms with Crippen molar-refractivity contribution in [1.29, 1.82) is 0 Å². The number of rotatable bonds is 3. The topological polar surface area (TPSA) is 52.6 Å². The van der Waals surface area contributed by atoms with Crippen LogP contribution in [0.25, 0.3) is 0 Å². The Hall–Kier alpha value is -1.55. The van der Waals surface area contributed by atoms with Crippen molar-refractivity contribution in [3.8, 4) is 5.75 Å². The van der Waals surface area contributed by atoms with E-state index in [1.165, 1.54) is 12.1 Å². The van der Waals surface area contributed by atoms with Crippen LogP contribution < -0.4 is 4.74 Å². The highest BCUT2D eigenvalue weighted by Gasteiger charge is 2.13. The van der Waals surface area contributed by atoms with E-state index in [4.69, 9.17) is 16.3 Å². The Morgan fingerprint density at radius 2 is 2.00 bits per heavy atom. The van der Waals surface area contributed by atoms with Crippen molar-refractivity contribution in [3.63, 3.8) is 0 Å². The molecule has 0 amide bonds. The van der Waals surface area contributed by atoms with Crippen LogP contribution in [0.2, 0.25) is 0 Å². The van der Waals surface area contributed by atoms with E-state index in [0.717, 1.165) is 0 Å². The molecule has 1 aromatic carbocycles. The summed E-state index contributed by atoms with van der Waals surface area (Å²) in [6, 6.07) is 6.17. The summed E-state index contributed by atoms with van der Waals surface area (Å²) in [6.45, 7) is 1.86. The lowest BCUT2D eigenvalue weighted by Gasteiger charge is -2.06. The molecule has 0 saturated heterocycles. The first-order valence-corrected chi connectivity index (χ1v) is 4.66. The number of benzene rings is 1. The fraction of sp³-hybridized carbons (Fsp3) is 0.200. The molecule has 80 valence electrons. The average Bonchev–Trinajstić information content (AvgIpc) is 2.18. The second-order valence-corrected chi connectivity index (χ2v) is 2.90. The van der Waals surface area contributed by atoms with E-state index >= 15 is 0 Å². The van der Waals surface area contributed by atoms with Crippen molar-refractivity contribution < 1.29 is 19.1 Å². The number of carbonyl (C=O) groups is 2. The molecule has 0 N–H and O–H groups in total. The van der Waals surface area contributed by atoms with Gasteiger partial charge < -0.3 is 9.47 Å². The number of halogens is 1. The predicted octanol–water partition coefficient (Wildman–Crippen LogP) is 2.60. The van der Waals surface area contributed by atoms with Gasteiger partial charge in [0.2, 0.25) is 0 Å². The molecule has 0 unspecified atom stereocenters.